The van der Waals surface area contributed by atoms with Crippen molar-refractivity contribution in [2.24, 2.45) is 0 Å². The van der Waals surface area contributed by atoms with Crippen LogP contribution in [0.25, 0.3) is 0 Å². The molecule has 1 aliphatic heterocycles. The van der Waals surface area contributed by atoms with Gasteiger partial charge in [-0.15, -0.1) is 0 Å². The van der Waals surface area contributed by atoms with Crippen LogP contribution < -0.4 is 5.32 Å². The van der Waals surface area contributed by atoms with Gasteiger partial charge in [0.25, 0.3) is 0 Å². The molecule has 1 aliphatic rings. The summed E-state index contributed by atoms with van der Waals surface area (Å²) >= 11 is 0. The number of nitrogens with zero attached hydrogens (tertiary/aromatic N) is 2. The Morgan fingerprint density at radius 1 is 1.36 bits per heavy atom. The predicted molar refractivity (Wildman–Crippen MR) is 49.9 cm³/mol. The number of aliphatic hydroxyl groups is 1. The summed E-state index contributed by atoms with van der Waals surface area (Å²) in [5, 5.41) is 21.8. The summed E-state index contributed by atoms with van der Waals surface area (Å²) in [6, 6.07) is 0. The lowest BCUT2D eigenvalue weighted by molar-refractivity contribution is 0.114. The van der Waals surface area contributed by atoms with Crippen molar-refractivity contribution in [1.82, 2.24) is 15.3 Å². The van der Waals surface area contributed by atoms with E-state index < -0.39 is 6.10 Å². The molecule has 0 aromatic carbocycles. The van der Waals surface area contributed by atoms with Crippen LogP contribution in [-0.2, 0) is 0 Å². The van der Waals surface area contributed by atoms with Gasteiger partial charge in [-0.05, 0) is 13.0 Å². The average Bonchev–Trinajstić information content (AvgIpc) is 2.20. The van der Waals surface area contributed by atoms with E-state index in [1.54, 1.807) is 0 Å². The van der Waals surface area contributed by atoms with Crippen molar-refractivity contribution in [3.05, 3.63) is 18.2 Å². The van der Waals surface area contributed by atoms with Gasteiger partial charge in [-0.2, -0.15) is 0 Å². The van der Waals surface area contributed by atoms with Crippen molar-refractivity contribution in [3.8, 4) is 5.75 Å². The molecule has 1 fully saturated rings. The van der Waals surface area contributed by atoms with E-state index in [9.17, 15) is 5.11 Å². The zero-order valence-electron chi connectivity index (χ0n) is 7.72. The van der Waals surface area contributed by atoms with E-state index in [0.29, 0.717) is 12.4 Å². The second-order valence-electron chi connectivity index (χ2n) is 3.47. The molecule has 1 aromatic heterocycles. The highest BCUT2D eigenvalue weighted by molar-refractivity contribution is 5.12. The summed E-state index contributed by atoms with van der Waals surface area (Å²) in [4.78, 5) is 8.01. The molecule has 5 heteroatoms. The van der Waals surface area contributed by atoms with Crippen LogP contribution in [0.5, 0.6) is 5.75 Å². The van der Waals surface area contributed by atoms with E-state index >= 15 is 0 Å². The van der Waals surface area contributed by atoms with Crippen molar-refractivity contribution in [2.75, 3.05) is 13.1 Å². The second-order valence-corrected chi connectivity index (χ2v) is 3.47. The maximum atomic E-state index is 9.69. The zero-order chi connectivity index (χ0) is 9.97. The van der Waals surface area contributed by atoms with Crippen molar-refractivity contribution >= 4 is 0 Å². The van der Waals surface area contributed by atoms with Gasteiger partial charge in [-0.25, -0.2) is 9.97 Å². The number of aromatic nitrogens is 2. The third kappa shape index (κ3) is 1.83. The number of rotatable bonds is 1. The highest BCUT2D eigenvalue weighted by Crippen LogP contribution is 2.22. The first kappa shape index (κ1) is 9.36. The molecule has 5 nitrogen and oxygen atoms in total. The maximum absolute atomic E-state index is 9.69. The zero-order valence-corrected chi connectivity index (χ0v) is 7.72. The molecule has 2 unspecified atom stereocenters. The van der Waals surface area contributed by atoms with Gasteiger partial charge in [-0.1, -0.05) is 0 Å². The molecule has 76 valence electrons. The average molecular weight is 195 g/mol. The summed E-state index contributed by atoms with van der Waals surface area (Å²) in [5.41, 5.74) is 0. The van der Waals surface area contributed by atoms with Gasteiger partial charge in [0, 0.05) is 12.5 Å². The minimum absolute atomic E-state index is 0.0168. The Morgan fingerprint density at radius 3 is 2.71 bits per heavy atom. The monoisotopic (exact) mass is 195 g/mol. The Kier molecular flexibility index (Phi) is 2.60. The summed E-state index contributed by atoms with van der Waals surface area (Å²) in [5.74, 6) is 0.644. The Hall–Kier alpha value is -1.20. The van der Waals surface area contributed by atoms with Crippen molar-refractivity contribution in [3.63, 3.8) is 0 Å². The molecule has 0 radical (unpaired) electrons. The molecule has 0 spiro atoms. The number of piperidine rings is 1. The van der Waals surface area contributed by atoms with Crippen LogP contribution in [0.1, 0.15) is 18.2 Å². The molecule has 1 saturated heterocycles. The maximum Gasteiger partial charge on any atom is 0.152 e. The minimum Gasteiger partial charge on any atom is -0.505 e. The number of nitrogens with one attached hydrogen (secondary N) is 1. The first-order valence-electron chi connectivity index (χ1n) is 4.67. The van der Waals surface area contributed by atoms with Crippen molar-refractivity contribution < 1.29 is 10.2 Å². The summed E-state index contributed by atoms with van der Waals surface area (Å²) in [6.45, 7) is 1.45. The van der Waals surface area contributed by atoms with E-state index in [-0.39, 0.29) is 11.7 Å². The fourth-order valence-electron chi connectivity index (χ4n) is 1.67. The van der Waals surface area contributed by atoms with Gasteiger partial charge in [0.15, 0.2) is 5.75 Å². The SMILES string of the molecule is Oc1cnc(C2CCNCC2O)nc1. The molecule has 0 saturated carbocycles. The number of aromatic hydroxyl groups is 1. The van der Waals surface area contributed by atoms with Crippen molar-refractivity contribution in [1.29, 1.82) is 0 Å². The molecule has 14 heavy (non-hydrogen) atoms. The molecule has 0 aliphatic carbocycles. The van der Waals surface area contributed by atoms with Gasteiger partial charge >= 0.3 is 0 Å². The van der Waals surface area contributed by atoms with Crippen LogP contribution >= 0.6 is 0 Å². The Balaban J connectivity index is 2.16. The topological polar surface area (TPSA) is 78.3 Å². The molecular weight excluding hydrogens is 182 g/mol. The lowest BCUT2D eigenvalue weighted by Gasteiger charge is -2.26. The van der Waals surface area contributed by atoms with E-state index in [0.717, 1.165) is 13.0 Å². The molecule has 0 bridgehead atoms. The normalized spacial score (nSPS) is 27.5. The smallest absolute Gasteiger partial charge is 0.152 e. The predicted octanol–water partition coefficient (Wildman–Crippen LogP) is -0.380. The summed E-state index contributed by atoms with van der Waals surface area (Å²) in [7, 11) is 0. The molecule has 0 amide bonds. The van der Waals surface area contributed by atoms with E-state index in [4.69, 9.17) is 5.11 Å². The molecule has 2 heterocycles. The first-order valence-corrected chi connectivity index (χ1v) is 4.67. The van der Waals surface area contributed by atoms with Gasteiger partial charge in [0.05, 0.1) is 18.5 Å². The van der Waals surface area contributed by atoms with Gasteiger partial charge in [-0.3, -0.25) is 0 Å². The van der Waals surface area contributed by atoms with E-state index in [1.165, 1.54) is 12.4 Å². The second kappa shape index (κ2) is 3.89. The fourth-order valence-corrected chi connectivity index (χ4v) is 1.67. The minimum atomic E-state index is -0.437. The van der Waals surface area contributed by atoms with Crippen molar-refractivity contribution in [2.45, 2.75) is 18.4 Å². The highest BCUT2D eigenvalue weighted by Gasteiger charge is 2.26. The number of hydrogen-bond acceptors (Lipinski definition) is 5. The Morgan fingerprint density at radius 2 is 2.07 bits per heavy atom. The highest BCUT2D eigenvalue weighted by atomic mass is 16.3. The number of hydrogen-bond donors (Lipinski definition) is 3. The van der Waals surface area contributed by atoms with Gasteiger partial charge in [0.2, 0.25) is 0 Å². The van der Waals surface area contributed by atoms with Crippen LogP contribution in [0.2, 0.25) is 0 Å². The summed E-state index contributed by atoms with van der Waals surface area (Å²) < 4.78 is 0. The Labute approximate surface area is 81.8 Å². The largest absolute Gasteiger partial charge is 0.505 e. The first-order chi connectivity index (χ1) is 6.77. The molecule has 2 rings (SSSR count). The molecule has 2 atom stereocenters. The Bertz CT molecular complexity index is 301. The van der Waals surface area contributed by atoms with Crippen LogP contribution in [0.3, 0.4) is 0 Å². The van der Waals surface area contributed by atoms with Crippen LogP contribution in [0, 0.1) is 0 Å². The molecule has 1 aromatic rings. The summed E-state index contributed by atoms with van der Waals surface area (Å²) in [6.07, 6.45) is 3.11. The molecular formula is C9H13N3O2. The van der Waals surface area contributed by atoms with Crippen LogP contribution in [0.4, 0.5) is 0 Å². The number of β-amino-alcohol motifs (C(OH)–C–C–N with tert-alkyl or cyclic N) is 1. The van der Waals surface area contributed by atoms with Gasteiger partial charge in [0.1, 0.15) is 5.82 Å². The van der Waals surface area contributed by atoms with Crippen LogP contribution in [0.15, 0.2) is 12.4 Å². The lowest BCUT2D eigenvalue weighted by Crippen LogP contribution is -2.39. The molecule has 3 N–H and O–H groups in total. The van der Waals surface area contributed by atoms with E-state index in [1.807, 2.05) is 0 Å². The lowest BCUT2D eigenvalue weighted by atomic mass is 9.94. The fraction of sp³-hybridized carbons (Fsp3) is 0.556. The number of aliphatic hydroxyl groups excluding tert-OH is 1. The quantitative estimate of drug-likeness (QED) is 0.569. The third-order valence-electron chi connectivity index (χ3n) is 2.44. The van der Waals surface area contributed by atoms with E-state index in [2.05, 4.69) is 15.3 Å². The third-order valence-corrected chi connectivity index (χ3v) is 2.44. The standard InChI is InChI=1S/C9H13N3O2/c13-6-3-11-9(12-4-6)7-1-2-10-5-8(7)14/h3-4,7-8,10,13-14H,1-2,5H2. The van der Waals surface area contributed by atoms with Crippen LogP contribution in [-0.4, -0.2) is 39.4 Å². The van der Waals surface area contributed by atoms with Gasteiger partial charge < -0.3 is 15.5 Å².